The molecule has 0 atom stereocenters. The van der Waals surface area contributed by atoms with Gasteiger partial charge in [-0.25, -0.2) is 0 Å². The molecular formula is C8H8NO2Y-. The molecule has 0 unspecified atom stereocenters. The zero-order valence-electron chi connectivity index (χ0n) is 6.56. The average Bonchev–Trinajstić information content (AvgIpc) is 2.05. The molecule has 3 nitrogen and oxygen atoms in total. The summed E-state index contributed by atoms with van der Waals surface area (Å²) in [6.07, 6.45) is 0.665. The molecule has 0 N–H and O–H groups in total. The van der Waals surface area contributed by atoms with Crippen molar-refractivity contribution in [3.05, 3.63) is 46.9 Å². The Bertz CT molecular complexity index is 258. The van der Waals surface area contributed by atoms with Gasteiger partial charge in [0.15, 0.2) is 0 Å². The van der Waals surface area contributed by atoms with E-state index in [4.69, 9.17) is 0 Å². The first-order valence-electron chi connectivity index (χ1n) is 3.26. The van der Waals surface area contributed by atoms with Crippen molar-refractivity contribution < 1.29 is 37.6 Å². The fraction of sp³-hybridized carbons (Fsp3) is 0.125. The van der Waals surface area contributed by atoms with Gasteiger partial charge in [0.25, 0.3) is 5.69 Å². The summed E-state index contributed by atoms with van der Waals surface area (Å²) >= 11 is 0. The molecule has 1 rings (SSSR count). The van der Waals surface area contributed by atoms with Crippen LogP contribution in [0.5, 0.6) is 0 Å². The number of nitro benzene ring substituents is 1. The van der Waals surface area contributed by atoms with E-state index < -0.39 is 4.92 Å². The quantitative estimate of drug-likeness (QED) is 0.449. The first kappa shape index (κ1) is 11.7. The molecule has 0 fully saturated rings. The summed E-state index contributed by atoms with van der Waals surface area (Å²) in [7, 11) is 0. The van der Waals surface area contributed by atoms with Crippen LogP contribution in [0.15, 0.2) is 24.3 Å². The maximum Gasteiger partial charge on any atom is 0.269 e. The molecule has 0 heterocycles. The largest absolute Gasteiger partial charge is 0.339 e. The molecule has 61 valence electrons. The van der Waals surface area contributed by atoms with Gasteiger partial charge >= 0.3 is 0 Å². The Morgan fingerprint density at radius 1 is 1.33 bits per heavy atom. The molecule has 0 aliphatic heterocycles. The topological polar surface area (TPSA) is 43.1 Å². The number of benzene rings is 1. The molecule has 0 bridgehead atoms. The van der Waals surface area contributed by atoms with Crippen LogP contribution >= 0.6 is 0 Å². The summed E-state index contributed by atoms with van der Waals surface area (Å²) in [6, 6.07) is 6.40. The van der Waals surface area contributed by atoms with Crippen molar-refractivity contribution >= 4 is 5.69 Å². The molecule has 0 spiro atoms. The van der Waals surface area contributed by atoms with Crippen molar-refractivity contribution in [2.75, 3.05) is 0 Å². The normalized spacial score (nSPS) is 8.75. The monoisotopic (exact) mass is 239 g/mol. The number of nitro groups is 1. The summed E-state index contributed by atoms with van der Waals surface area (Å²) < 4.78 is 0. The second-order valence-corrected chi connectivity index (χ2v) is 2.17. The van der Waals surface area contributed by atoms with Gasteiger partial charge in [0.05, 0.1) is 4.92 Å². The van der Waals surface area contributed by atoms with Gasteiger partial charge in [-0.05, 0) is 0 Å². The van der Waals surface area contributed by atoms with Gasteiger partial charge in [-0.15, -0.1) is 0 Å². The standard InChI is InChI=1S/C8H8NO2.Y/c1-2-7-3-5-8(6-4-7)9(10)11;/h3-6H,1-2H2;/q-1;. The molecular weight excluding hydrogens is 231 g/mol. The van der Waals surface area contributed by atoms with Gasteiger partial charge in [0.2, 0.25) is 0 Å². The Morgan fingerprint density at radius 2 is 1.83 bits per heavy atom. The second-order valence-electron chi connectivity index (χ2n) is 2.17. The van der Waals surface area contributed by atoms with Crippen LogP contribution in [0.3, 0.4) is 0 Å². The fourth-order valence-electron chi connectivity index (χ4n) is 0.784. The molecule has 0 aliphatic carbocycles. The fourth-order valence-corrected chi connectivity index (χ4v) is 0.784. The minimum atomic E-state index is -0.410. The van der Waals surface area contributed by atoms with Crippen LogP contribution in [-0.4, -0.2) is 4.92 Å². The molecule has 1 aromatic rings. The SMILES string of the molecule is [CH2-]Cc1ccc([N+](=O)[O-])cc1.[Y]. The van der Waals surface area contributed by atoms with Crippen molar-refractivity contribution in [2.45, 2.75) is 6.42 Å². The van der Waals surface area contributed by atoms with Crippen molar-refractivity contribution in [1.29, 1.82) is 0 Å². The van der Waals surface area contributed by atoms with Crippen LogP contribution in [0.25, 0.3) is 0 Å². The van der Waals surface area contributed by atoms with Crippen molar-refractivity contribution in [3.8, 4) is 0 Å². The molecule has 0 aromatic heterocycles. The van der Waals surface area contributed by atoms with E-state index in [9.17, 15) is 10.1 Å². The van der Waals surface area contributed by atoms with Crippen molar-refractivity contribution in [2.24, 2.45) is 0 Å². The van der Waals surface area contributed by atoms with Crippen LogP contribution in [0.1, 0.15) is 5.56 Å². The smallest absolute Gasteiger partial charge is 0.269 e. The van der Waals surface area contributed by atoms with E-state index in [1.807, 2.05) is 0 Å². The molecule has 0 aliphatic rings. The summed E-state index contributed by atoms with van der Waals surface area (Å²) in [5, 5.41) is 10.2. The maximum absolute atomic E-state index is 10.2. The van der Waals surface area contributed by atoms with Crippen molar-refractivity contribution in [3.63, 3.8) is 0 Å². The Balaban J connectivity index is 0.00000121. The van der Waals surface area contributed by atoms with Gasteiger partial charge in [-0.1, -0.05) is 17.7 Å². The van der Waals surface area contributed by atoms with Gasteiger partial charge in [0.1, 0.15) is 0 Å². The molecule has 4 heteroatoms. The van der Waals surface area contributed by atoms with E-state index in [1.54, 1.807) is 12.1 Å². The molecule has 1 radical (unpaired) electrons. The van der Waals surface area contributed by atoms with Gasteiger partial charge < -0.3 is 6.92 Å². The van der Waals surface area contributed by atoms with E-state index in [1.165, 1.54) is 12.1 Å². The number of non-ortho nitro benzene ring substituents is 1. The third-order valence-corrected chi connectivity index (χ3v) is 1.44. The first-order chi connectivity index (χ1) is 5.24. The van der Waals surface area contributed by atoms with E-state index in [2.05, 4.69) is 6.92 Å². The third kappa shape index (κ3) is 2.99. The maximum atomic E-state index is 10.2. The average molecular weight is 239 g/mol. The Hall–Kier alpha value is -0.276. The number of rotatable bonds is 2. The zero-order valence-corrected chi connectivity index (χ0v) is 9.40. The third-order valence-electron chi connectivity index (χ3n) is 1.44. The summed E-state index contributed by atoms with van der Waals surface area (Å²) in [6.45, 7) is 3.66. The minimum absolute atomic E-state index is 0. The van der Waals surface area contributed by atoms with Crippen LogP contribution in [0.4, 0.5) is 5.69 Å². The Labute approximate surface area is 96.2 Å². The van der Waals surface area contributed by atoms with Crippen LogP contribution in [0.2, 0.25) is 0 Å². The van der Waals surface area contributed by atoms with Crippen molar-refractivity contribution in [1.82, 2.24) is 0 Å². The molecule has 0 saturated carbocycles. The van der Waals surface area contributed by atoms with Crippen LogP contribution in [-0.2, 0) is 39.1 Å². The van der Waals surface area contributed by atoms with E-state index in [0.29, 0.717) is 6.42 Å². The number of nitrogens with zero attached hydrogens (tertiary/aromatic N) is 1. The molecule has 0 amide bonds. The number of hydrogen-bond donors (Lipinski definition) is 0. The Kier molecular flexibility index (Phi) is 5.26. The van der Waals surface area contributed by atoms with Gasteiger partial charge in [-0.3, -0.25) is 10.1 Å². The Morgan fingerprint density at radius 3 is 2.17 bits per heavy atom. The summed E-state index contributed by atoms with van der Waals surface area (Å²) in [5.74, 6) is 0. The zero-order chi connectivity index (χ0) is 8.27. The van der Waals surface area contributed by atoms with Crippen LogP contribution < -0.4 is 0 Å². The first-order valence-corrected chi connectivity index (χ1v) is 3.26. The molecule has 0 saturated heterocycles. The molecule has 1 aromatic carbocycles. The molecule has 12 heavy (non-hydrogen) atoms. The second kappa shape index (κ2) is 5.38. The summed E-state index contributed by atoms with van der Waals surface area (Å²) in [4.78, 5) is 9.78. The minimum Gasteiger partial charge on any atom is -0.339 e. The predicted octanol–water partition coefficient (Wildman–Crippen LogP) is 1.97. The number of hydrogen-bond acceptors (Lipinski definition) is 2. The van der Waals surface area contributed by atoms with Gasteiger partial charge in [-0.2, -0.15) is 6.42 Å². The van der Waals surface area contributed by atoms with Crippen LogP contribution in [0, 0.1) is 17.0 Å². The van der Waals surface area contributed by atoms with E-state index in [-0.39, 0.29) is 38.4 Å². The summed E-state index contributed by atoms with van der Waals surface area (Å²) in [5.41, 5.74) is 1.14. The van der Waals surface area contributed by atoms with E-state index >= 15 is 0 Å². The van der Waals surface area contributed by atoms with E-state index in [0.717, 1.165) is 5.56 Å². The van der Waals surface area contributed by atoms with Gasteiger partial charge in [0, 0.05) is 44.8 Å². The predicted molar refractivity (Wildman–Crippen MR) is 42.2 cm³/mol.